The number of hydrogen-bond acceptors (Lipinski definition) is 6. The highest BCUT2D eigenvalue weighted by Gasteiger charge is 2.52. The minimum atomic E-state index is -2.93. The molecule has 0 aromatic heterocycles. The fraction of sp³-hybridized carbons (Fsp3) is 0.293. The Hall–Kier alpha value is -4.76. The van der Waals surface area contributed by atoms with E-state index in [9.17, 15) is 10.3 Å². The van der Waals surface area contributed by atoms with Gasteiger partial charge in [0.2, 0.25) is 0 Å². The van der Waals surface area contributed by atoms with Crippen LogP contribution in [0.3, 0.4) is 0 Å². The minimum absolute atomic E-state index is 0.197. The fourth-order valence-corrected chi connectivity index (χ4v) is 11.6. The van der Waals surface area contributed by atoms with Crippen LogP contribution in [0.25, 0.3) is 21.2 Å². The molecule has 0 radical (unpaired) electrons. The van der Waals surface area contributed by atoms with Gasteiger partial charge in [-0.15, -0.1) is 0 Å². The van der Waals surface area contributed by atoms with Gasteiger partial charge in [-0.3, -0.25) is 0 Å². The Balaban J connectivity index is 1.35. The van der Waals surface area contributed by atoms with Crippen LogP contribution in [0, 0.1) is 5.92 Å². The Labute approximate surface area is 294 Å². The Kier molecular flexibility index (Phi) is 10.8. The maximum Gasteiger partial charge on any atom is 0.338 e. The summed E-state index contributed by atoms with van der Waals surface area (Å²) in [5, 5.41) is 8.35. The maximum atomic E-state index is 13.5. The molecule has 3 unspecified atom stereocenters. The van der Waals surface area contributed by atoms with Crippen LogP contribution in [0.2, 0.25) is 5.04 Å². The number of fused-ring (bicyclic) bond motifs is 1. The average molecular weight is 686 g/mol. The van der Waals surface area contributed by atoms with Gasteiger partial charge >= 0.3 is 5.97 Å². The number of nitrogens with zero attached hydrogens (tertiary/aromatic N) is 3. The molecule has 1 aliphatic rings. The second-order valence-electron chi connectivity index (χ2n) is 13.8. The van der Waals surface area contributed by atoms with Gasteiger partial charge in [-0.25, -0.2) is 4.79 Å². The van der Waals surface area contributed by atoms with Crippen LogP contribution < -0.4 is 10.4 Å². The van der Waals surface area contributed by atoms with Crippen molar-refractivity contribution in [3.05, 3.63) is 155 Å². The van der Waals surface area contributed by atoms with Crippen LogP contribution in [0.15, 0.2) is 139 Å². The maximum absolute atomic E-state index is 13.5. The van der Waals surface area contributed by atoms with Gasteiger partial charge in [0.25, 0.3) is 8.32 Å². The highest BCUT2D eigenvalue weighted by atomic mass is 28.4. The standard InChI is InChI=1S/C41H43N3O5Si/c1-29-36(28-47-50(41(2,3)4,34-20-10-6-11-21-34)35-22-12-7-13-23-35)48-40(46-27-30-24-25-31-16-14-15-19-33(31)26-30)37(43-44-42)38(29)49-39(45)32-17-8-5-9-18-32/h5-26,29,36-38,40H,27-28H2,1-4H3/t29-,36?,37?,38-,40?/m0/s1. The molecule has 1 fully saturated rings. The second-order valence-corrected chi connectivity index (χ2v) is 18.1. The van der Waals surface area contributed by atoms with E-state index in [1.54, 1.807) is 24.3 Å². The molecule has 5 atom stereocenters. The molecule has 1 saturated heterocycles. The zero-order chi connectivity index (χ0) is 35.1. The number of rotatable bonds is 11. The van der Waals surface area contributed by atoms with Crippen molar-refractivity contribution in [2.24, 2.45) is 11.0 Å². The van der Waals surface area contributed by atoms with Crippen molar-refractivity contribution in [2.75, 3.05) is 6.61 Å². The molecule has 1 aliphatic heterocycles. The smallest absolute Gasteiger partial charge is 0.338 e. The van der Waals surface area contributed by atoms with E-state index < -0.39 is 44.7 Å². The largest absolute Gasteiger partial charge is 0.458 e. The highest BCUT2D eigenvalue weighted by Crippen LogP contribution is 2.39. The first-order valence-electron chi connectivity index (χ1n) is 17.0. The normalized spacial score (nSPS) is 20.9. The third-order valence-corrected chi connectivity index (χ3v) is 14.6. The molecule has 1 heterocycles. The van der Waals surface area contributed by atoms with Gasteiger partial charge < -0.3 is 18.6 Å². The van der Waals surface area contributed by atoms with Crippen LogP contribution in [0.4, 0.5) is 0 Å². The molecule has 0 saturated carbocycles. The predicted octanol–water partition coefficient (Wildman–Crippen LogP) is 8.20. The van der Waals surface area contributed by atoms with Gasteiger partial charge in [0, 0.05) is 10.8 Å². The molecule has 0 N–H and O–H groups in total. The van der Waals surface area contributed by atoms with E-state index in [1.165, 1.54) is 0 Å². The van der Waals surface area contributed by atoms with E-state index in [0.29, 0.717) is 5.56 Å². The molecule has 0 amide bonds. The third-order valence-electron chi connectivity index (χ3n) is 9.58. The van der Waals surface area contributed by atoms with E-state index in [0.717, 1.165) is 26.7 Å². The van der Waals surface area contributed by atoms with Crippen molar-refractivity contribution in [3.8, 4) is 0 Å². The summed E-state index contributed by atoms with van der Waals surface area (Å²) in [6.45, 7) is 9.02. The van der Waals surface area contributed by atoms with Gasteiger partial charge in [0.1, 0.15) is 12.1 Å². The lowest BCUT2D eigenvalue weighted by Crippen LogP contribution is -2.67. The number of azide groups is 1. The summed E-state index contributed by atoms with van der Waals surface area (Å²) in [6, 6.07) is 42.9. The van der Waals surface area contributed by atoms with Crippen LogP contribution in [0.5, 0.6) is 0 Å². The monoisotopic (exact) mass is 685 g/mol. The molecule has 8 nitrogen and oxygen atoms in total. The molecule has 0 spiro atoms. The quantitative estimate of drug-likeness (QED) is 0.0459. The molecule has 5 aromatic rings. The summed E-state index contributed by atoms with van der Waals surface area (Å²) >= 11 is 0. The van der Waals surface area contributed by atoms with Crippen LogP contribution in [0.1, 0.15) is 43.6 Å². The molecule has 6 rings (SSSR count). The first kappa shape index (κ1) is 35.1. The molecule has 5 aromatic carbocycles. The lowest BCUT2D eigenvalue weighted by molar-refractivity contribution is -0.252. The number of carbonyl (C=O) groups excluding carboxylic acids is 1. The molecule has 0 aliphatic carbocycles. The van der Waals surface area contributed by atoms with Gasteiger partial charge in [0.05, 0.1) is 24.9 Å². The summed E-state index contributed by atoms with van der Waals surface area (Å²) in [6.07, 6.45) is -2.41. The Morgan fingerprint density at radius 1 is 0.820 bits per heavy atom. The van der Waals surface area contributed by atoms with E-state index in [4.69, 9.17) is 18.6 Å². The van der Waals surface area contributed by atoms with Crippen LogP contribution in [-0.2, 0) is 25.2 Å². The zero-order valence-electron chi connectivity index (χ0n) is 28.9. The fourth-order valence-electron chi connectivity index (χ4n) is 6.98. The summed E-state index contributed by atoms with van der Waals surface area (Å²) in [5.41, 5.74) is 11.0. The van der Waals surface area contributed by atoms with E-state index >= 15 is 0 Å². The number of esters is 1. The summed E-state index contributed by atoms with van der Waals surface area (Å²) in [5.74, 6) is -0.917. The van der Waals surface area contributed by atoms with E-state index in [1.807, 2.05) is 49.4 Å². The van der Waals surface area contributed by atoms with Gasteiger partial charge in [-0.1, -0.05) is 148 Å². The Morgan fingerprint density at radius 3 is 2.00 bits per heavy atom. The molecule has 256 valence electrons. The SMILES string of the molecule is C[C@H]1C(CO[Si](c2ccccc2)(c2ccccc2)C(C)(C)C)OC(OCc2ccc3ccccc3c2)C(N=[N+]=[N-])[C@H]1OC(=O)c1ccccc1. The van der Waals surface area contributed by atoms with Crippen molar-refractivity contribution in [2.45, 2.75) is 63.9 Å². The third kappa shape index (κ3) is 7.38. The van der Waals surface area contributed by atoms with Crippen molar-refractivity contribution in [3.63, 3.8) is 0 Å². The second kappa shape index (κ2) is 15.4. The van der Waals surface area contributed by atoms with E-state index in [2.05, 4.69) is 97.5 Å². The molecular weight excluding hydrogens is 643 g/mol. The number of benzene rings is 5. The molecule has 9 heteroatoms. The average Bonchev–Trinajstić information content (AvgIpc) is 3.14. The predicted molar refractivity (Wildman–Crippen MR) is 199 cm³/mol. The van der Waals surface area contributed by atoms with Crippen LogP contribution in [-0.4, -0.2) is 45.4 Å². The summed E-state index contributed by atoms with van der Waals surface area (Å²) in [4.78, 5) is 16.6. The van der Waals surface area contributed by atoms with E-state index in [-0.39, 0.29) is 18.3 Å². The molecule has 50 heavy (non-hydrogen) atoms. The number of ether oxygens (including phenoxy) is 3. The lowest BCUT2D eigenvalue weighted by atomic mass is 9.89. The lowest BCUT2D eigenvalue weighted by Gasteiger charge is -2.47. The molecule has 0 bridgehead atoms. The number of hydrogen-bond donors (Lipinski definition) is 0. The topological polar surface area (TPSA) is 103 Å². The minimum Gasteiger partial charge on any atom is -0.458 e. The van der Waals surface area contributed by atoms with Gasteiger partial charge in [-0.05, 0) is 55.5 Å². The van der Waals surface area contributed by atoms with Gasteiger partial charge in [-0.2, -0.15) is 0 Å². The Morgan fingerprint density at radius 2 is 1.40 bits per heavy atom. The first-order valence-corrected chi connectivity index (χ1v) is 18.9. The van der Waals surface area contributed by atoms with Crippen molar-refractivity contribution in [1.82, 2.24) is 0 Å². The van der Waals surface area contributed by atoms with Crippen LogP contribution >= 0.6 is 0 Å². The number of carbonyl (C=O) groups is 1. The van der Waals surface area contributed by atoms with Crippen molar-refractivity contribution < 1.29 is 23.4 Å². The van der Waals surface area contributed by atoms with Gasteiger partial charge in [0.15, 0.2) is 6.29 Å². The zero-order valence-corrected chi connectivity index (χ0v) is 29.9. The molecular formula is C41H43N3O5Si. The first-order chi connectivity index (χ1) is 24.2. The van der Waals surface area contributed by atoms with Crippen molar-refractivity contribution in [1.29, 1.82) is 0 Å². The summed E-state index contributed by atoms with van der Waals surface area (Å²) in [7, 11) is -2.93. The summed E-state index contributed by atoms with van der Waals surface area (Å²) < 4.78 is 26.6. The Bertz CT molecular complexity index is 1890. The van der Waals surface area contributed by atoms with Crippen molar-refractivity contribution >= 4 is 35.4 Å². The highest BCUT2D eigenvalue weighted by molar-refractivity contribution is 6.99.